The number of likely N-dealkylation sites (N-methyl/N-ethyl adjacent to an activating group) is 1. The van der Waals surface area contributed by atoms with Gasteiger partial charge in [-0.3, -0.25) is 0 Å². The smallest absolute Gasteiger partial charge is 0.248 e. The van der Waals surface area contributed by atoms with Gasteiger partial charge in [0.15, 0.2) is 0 Å². The summed E-state index contributed by atoms with van der Waals surface area (Å²) in [7, 11) is -4.28. The van der Waals surface area contributed by atoms with E-state index >= 15 is 0 Å². The molecule has 3 N–H and O–H groups in total. The summed E-state index contributed by atoms with van der Waals surface area (Å²) >= 11 is 0. The van der Waals surface area contributed by atoms with E-state index in [1.54, 1.807) is 25.1 Å². The number of rotatable bonds is 12. The third-order valence-electron chi connectivity index (χ3n) is 8.19. The second-order valence-electron chi connectivity index (χ2n) is 11.2. The van der Waals surface area contributed by atoms with E-state index in [1.807, 2.05) is 11.9 Å². The number of ether oxygens (including phenoxy) is 4. The maximum Gasteiger partial charge on any atom is 0.248 e. The molecule has 14 nitrogen and oxygen atoms in total. The number of aliphatic hydroxyl groups excluding tert-OH is 1. The van der Waals surface area contributed by atoms with Gasteiger partial charge in [0.2, 0.25) is 31.8 Å². The zero-order valence-electron chi connectivity index (χ0n) is 25.2. The van der Waals surface area contributed by atoms with Gasteiger partial charge in [0.25, 0.3) is 0 Å². The Kier molecular flexibility index (Phi) is 9.89. The number of pyridine rings is 1. The minimum absolute atomic E-state index is 0.0122. The van der Waals surface area contributed by atoms with Crippen LogP contribution in [0, 0.1) is 0 Å². The van der Waals surface area contributed by atoms with Crippen LogP contribution in [0.25, 0.3) is 0 Å². The molecule has 0 aliphatic carbocycles. The van der Waals surface area contributed by atoms with Crippen molar-refractivity contribution in [2.24, 2.45) is 0 Å². The number of benzene rings is 1. The van der Waals surface area contributed by atoms with Gasteiger partial charge in [0, 0.05) is 38.8 Å². The van der Waals surface area contributed by atoms with Crippen LogP contribution in [0.15, 0.2) is 40.1 Å². The van der Waals surface area contributed by atoms with Gasteiger partial charge < -0.3 is 34.3 Å². The van der Waals surface area contributed by atoms with Crippen LogP contribution in [0.2, 0.25) is 0 Å². The quantitative estimate of drug-likeness (QED) is 0.291. The molecule has 2 aromatic rings. The number of aliphatic hydroxyl groups is 1. The molecule has 2 atom stereocenters. The molecule has 4 heterocycles. The number of nitrogens with zero attached hydrogens (tertiary/aromatic N) is 3. The lowest BCUT2D eigenvalue weighted by molar-refractivity contribution is -0.0312. The monoisotopic (exact) mass is 655 g/mol. The van der Waals surface area contributed by atoms with Crippen LogP contribution in [0.4, 0.5) is 5.69 Å². The summed E-state index contributed by atoms with van der Waals surface area (Å²) in [5.41, 5.74) is 0.164. The van der Waals surface area contributed by atoms with Crippen LogP contribution in [0.3, 0.4) is 0 Å². The van der Waals surface area contributed by atoms with E-state index in [0.29, 0.717) is 69.4 Å². The van der Waals surface area contributed by atoms with E-state index in [-0.39, 0.29) is 41.5 Å². The van der Waals surface area contributed by atoms with E-state index in [0.717, 1.165) is 0 Å². The zero-order valence-corrected chi connectivity index (χ0v) is 26.8. The molecule has 2 unspecified atom stereocenters. The lowest BCUT2D eigenvalue weighted by Gasteiger charge is -2.38. The van der Waals surface area contributed by atoms with Crippen molar-refractivity contribution in [1.29, 1.82) is 0 Å². The van der Waals surface area contributed by atoms with E-state index in [9.17, 15) is 21.9 Å². The molecule has 3 aliphatic heterocycles. The van der Waals surface area contributed by atoms with Gasteiger partial charge in [0.1, 0.15) is 35.7 Å². The third-order valence-corrected chi connectivity index (χ3v) is 11.5. The highest BCUT2D eigenvalue weighted by atomic mass is 32.2. The molecule has 0 radical (unpaired) electrons. The number of fused-ring (bicyclic) bond motifs is 1. The number of nitrogens with one attached hydrogen (secondary N) is 2. The Morgan fingerprint density at radius 2 is 1.93 bits per heavy atom. The summed E-state index contributed by atoms with van der Waals surface area (Å²) in [5, 5.41) is 13.8. The SMILES string of the molecule is CCOc1nc2c(cc1S(=O)(=O)N1CCC3(CC1)CC(NCC(O)COc1cccc(S(=O)(=O)NC)c1)CO3)N(C)CCO2. The first-order chi connectivity index (χ1) is 21.0. The lowest BCUT2D eigenvalue weighted by Crippen LogP contribution is -2.47. The van der Waals surface area contributed by atoms with Crippen molar-refractivity contribution in [3.05, 3.63) is 30.3 Å². The van der Waals surface area contributed by atoms with Crippen molar-refractivity contribution in [2.45, 2.75) is 53.7 Å². The molecule has 44 heavy (non-hydrogen) atoms. The van der Waals surface area contributed by atoms with Gasteiger partial charge in [-0.2, -0.15) is 9.29 Å². The van der Waals surface area contributed by atoms with Gasteiger partial charge >= 0.3 is 0 Å². The molecule has 0 saturated carbocycles. The highest BCUT2D eigenvalue weighted by Gasteiger charge is 2.45. The predicted octanol–water partition coefficient (Wildman–Crippen LogP) is 0.559. The Hall–Kier alpha value is -2.73. The molecule has 2 saturated heterocycles. The number of sulfonamides is 2. The number of hydrogen-bond donors (Lipinski definition) is 3. The highest BCUT2D eigenvalue weighted by molar-refractivity contribution is 7.89. The van der Waals surface area contributed by atoms with Gasteiger partial charge in [-0.1, -0.05) is 6.07 Å². The van der Waals surface area contributed by atoms with E-state index in [4.69, 9.17) is 18.9 Å². The highest BCUT2D eigenvalue weighted by Crippen LogP contribution is 2.40. The van der Waals surface area contributed by atoms with E-state index in [1.165, 1.54) is 23.5 Å². The van der Waals surface area contributed by atoms with Crippen LogP contribution in [0.5, 0.6) is 17.5 Å². The minimum atomic E-state index is -3.89. The fourth-order valence-corrected chi connectivity index (χ4v) is 7.95. The lowest BCUT2D eigenvalue weighted by atomic mass is 9.88. The molecule has 0 bridgehead atoms. The Morgan fingerprint density at radius 3 is 2.66 bits per heavy atom. The van der Waals surface area contributed by atoms with Gasteiger partial charge in [-0.05, 0) is 51.4 Å². The summed E-state index contributed by atoms with van der Waals surface area (Å²) in [4.78, 5) is 6.43. The van der Waals surface area contributed by atoms with Gasteiger partial charge in [-0.25, -0.2) is 21.6 Å². The standard InChI is InChI=1S/C28H41N5O9S2/c1-4-39-27-25(15-24-26(31-27)40-13-12-32(24)3)44(37,38)33-10-8-28(9-11-33)16-20(18-42-28)30-17-21(34)19-41-22-6-5-7-23(14-22)43(35,36)29-2/h5-7,14-15,20-21,29-30,34H,4,8-13,16-19H2,1-3H3. The van der Waals surface area contributed by atoms with Gasteiger partial charge in [-0.15, -0.1) is 0 Å². The molecule has 5 rings (SSSR count). The van der Waals surface area contributed by atoms with Crippen molar-refractivity contribution < 1.29 is 40.9 Å². The second-order valence-corrected chi connectivity index (χ2v) is 15.0. The van der Waals surface area contributed by atoms with Crippen LogP contribution in [-0.2, 0) is 24.8 Å². The van der Waals surface area contributed by atoms with Crippen LogP contribution >= 0.6 is 0 Å². The minimum Gasteiger partial charge on any atom is -0.491 e. The second kappa shape index (κ2) is 13.3. The Bertz CT molecular complexity index is 1530. The fourth-order valence-electron chi connectivity index (χ4n) is 5.66. The fraction of sp³-hybridized carbons (Fsp3) is 0.607. The molecule has 244 valence electrons. The molecular formula is C28H41N5O9S2. The number of aromatic nitrogens is 1. The maximum absolute atomic E-state index is 13.8. The topological polar surface area (TPSA) is 169 Å². The normalized spacial score (nSPS) is 21.1. The molecule has 1 aromatic heterocycles. The van der Waals surface area contributed by atoms with Crippen LogP contribution in [-0.4, -0.2) is 116 Å². The van der Waals surface area contributed by atoms with Crippen LogP contribution < -0.4 is 29.1 Å². The summed E-state index contributed by atoms with van der Waals surface area (Å²) < 4.78 is 78.4. The first-order valence-electron chi connectivity index (χ1n) is 14.7. The molecule has 16 heteroatoms. The average Bonchev–Trinajstić information content (AvgIpc) is 3.41. The number of piperidine rings is 1. The molecule has 2 fully saturated rings. The molecular weight excluding hydrogens is 614 g/mol. The van der Waals surface area contributed by atoms with Crippen LogP contribution in [0.1, 0.15) is 26.2 Å². The largest absolute Gasteiger partial charge is 0.491 e. The molecule has 3 aliphatic rings. The predicted molar refractivity (Wildman–Crippen MR) is 161 cm³/mol. The van der Waals surface area contributed by atoms with Crippen molar-refractivity contribution >= 4 is 25.7 Å². The van der Waals surface area contributed by atoms with Crippen molar-refractivity contribution in [1.82, 2.24) is 19.3 Å². The Balaban J connectivity index is 1.13. The summed E-state index contributed by atoms with van der Waals surface area (Å²) in [6.45, 7) is 4.40. The molecule has 1 aromatic carbocycles. The molecule has 1 spiro atoms. The first-order valence-corrected chi connectivity index (χ1v) is 17.6. The zero-order chi connectivity index (χ0) is 31.5. The van der Waals surface area contributed by atoms with Crippen molar-refractivity contribution in [2.75, 3.05) is 71.6 Å². The van der Waals surface area contributed by atoms with E-state index < -0.39 is 31.8 Å². The Morgan fingerprint density at radius 1 is 1.16 bits per heavy atom. The summed E-state index contributed by atoms with van der Waals surface area (Å²) in [6.07, 6.45) is 0.920. The van der Waals surface area contributed by atoms with Gasteiger partial charge in [0.05, 0.1) is 30.3 Å². The third kappa shape index (κ3) is 7.06. The summed E-state index contributed by atoms with van der Waals surface area (Å²) in [6, 6.07) is 7.65. The molecule has 0 amide bonds. The van der Waals surface area contributed by atoms with Crippen molar-refractivity contribution in [3.63, 3.8) is 0 Å². The summed E-state index contributed by atoms with van der Waals surface area (Å²) in [5.74, 6) is 0.745. The van der Waals surface area contributed by atoms with Crippen molar-refractivity contribution in [3.8, 4) is 17.5 Å². The average molecular weight is 656 g/mol. The van der Waals surface area contributed by atoms with E-state index in [2.05, 4.69) is 15.0 Å². The number of anilines is 1. The first kappa shape index (κ1) is 32.7. The maximum atomic E-state index is 13.8. The Labute approximate surface area is 258 Å². The number of hydrogen-bond acceptors (Lipinski definition) is 12.